The third-order valence-corrected chi connectivity index (χ3v) is 2.46. The molecule has 0 bridgehead atoms. The number of carbonyl (C=O) groups excluding carboxylic acids is 1. The average molecular weight is 185 g/mol. The number of piperidine rings is 1. The van der Waals surface area contributed by atoms with Crippen molar-refractivity contribution in [1.29, 1.82) is 0 Å². The zero-order valence-corrected chi connectivity index (χ0v) is 8.34. The van der Waals surface area contributed by atoms with Gasteiger partial charge in [-0.15, -0.1) is 0 Å². The molecule has 13 heavy (non-hydrogen) atoms. The van der Waals surface area contributed by atoms with Crippen molar-refractivity contribution in [3.05, 3.63) is 0 Å². The van der Waals surface area contributed by atoms with Gasteiger partial charge in [0, 0.05) is 6.92 Å². The highest BCUT2D eigenvalue weighted by Crippen LogP contribution is 2.15. The number of hydrogen-bond acceptors (Lipinski definition) is 3. The first-order valence-electron chi connectivity index (χ1n) is 5.13. The molecule has 1 aliphatic heterocycles. The second-order valence-corrected chi connectivity index (χ2v) is 3.69. The van der Waals surface area contributed by atoms with Crippen LogP contribution in [-0.4, -0.2) is 25.7 Å². The summed E-state index contributed by atoms with van der Waals surface area (Å²) < 4.78 is 4.87. The SMILES string of the molecule is CC(=O)OCCC[C@@H]1CCCNC1. The first-order valence-corrected chi connectivity index (χ1v) is 5.13. The van der Waals surface area contributed by atoms with Crippen LogP contribution in [-0.2, 0) is 9.53 Å². The van der Waals surface area contributed by atoms with Crippen LogP contribution < -0.4 is 5.32 Å². The summed E-state index contributed by atoms with van der Waals surface area (Å²) in [5, 5.41) is 3.38. The van der Waals surface area contributed by atoms with E-state index in [0.29, 0.717) is 6.61 Å². The molecule has 0 aromatic carbocycles. The van der Waals surface area contributed by atoms with Gasteiger partial charge in [0.2, 0.25) is 0 Å². The zero-order valence-electron chi connectivity index (χ0n) is 8.34. The predicted octanol–water partition coefficient (Wildman–Crippen LogP) is 1.33. The molecule has 0 aliphatic carbocycles. The summed E-state index contributed by atoms with van der Waals surface area (Å²) >= 11 is 0. The molecule has 3 heteroatoms. The smallest absolute Gasteiger partial charge is 0.302 e. The highest BCUT2D eigenvalue weighted by atomic mass is 16.5. The average Bonchev–Trinajstić information content (AvgIpc) is 2.14. The Morgan fingerprint density at radius 2 is 2.46 bits per heavy atom. The number of ether oxygens (including phenoxy) is 1. The second kappa shape index (κ2) is 5.97. The second-order valence-electron chi connectivity index (χ2n) is 3.69. The molecule has 0 aromatic rings. The van der Waals surface area contributed by atoms with Crippen LogP contribution in [0.25, 0.3) is 0 Å². The molecule has 0 radical (unpaired) electrons. The standard InChI is InChI=1S/C10H19NO2/c1-9(12)13-7-3-5-10-4-2-6-11-8-10/h10-11H,2-8H2,1H3/t10-/m0/s1. The molecule has 1 rings (SSSR count). The number of esters is 1. The highest BCUT2D eigenvalue weighted by Gasteiger charge is 2.11. The Kier molecular flexibility index (Phi) is 4.83. The van der Waals surface area contributed by atoms with Crippen LogP contribution in [0.1, 0.15) is 32.6 Å². The van der Waals surface area contributed by atoms with Crippen molar-refractivity contribution in [1.82, 2.24) is 5.32 Å². The maximum absolute atomic E-state index is 10.5. The molecule has 1 aliphatic rings. The van der Waals surface area contributed by atoms with Crippen molar-refractivity contribution < 1.29 is 9.53 Å². The van der Waals surface area contributed by atoms with E-state index in [1.54, 1.807) is 0 Å². The van der Waals surface area contributed by atoms with E-state index in [1.807, 2.05) is 0 Å². The van der Waals surface area contributed by atoms with Crippen LogP contribution >= 0.6 is 0 Å². The van der Waals surface area contributed by atoms with E-state index < -0.39 is 0 Å². The van der Waals surface area contributed by atoms with E-state index in [4.69, 9.17) is 4.74 Å². The number of carbonyl (C=O) groups is 1. The maximum atomic E-state index is 10.5. The maximum Gasteiger partial charge on any atom is 0.302 e. The largest absolute Gasteiger partial charge is 0.466 e. The van der Waals surface area contributed by atoms with Gasteiger partial charge in [-0.1, -0.05) is 0 Å². The van der Waals surface area contributed by atoms with Gasteiger partial charge < -0.3 is 10.1 Å². The predicted molar refractivity (Wildman–Crippen MR) is 51.5 cm³/mol. The van der Waals surface area contributed by atoms with Gasteiger partial charge in [0.1, 0.15) is 0 Å². The summed E-state index contributed by atoms with van der Waals surface area (Å²) in [6.07, 6.45) is 4.80. The van der Waals surface area contributed by atoms with E-state index in [9.17, 15) is 4.79 Å². The number of hydrogen-bond donors (Lipinski definition) is 1. The van der Waals surface area contributed by atoms with Gasteiger partial charge in [-0.3, -0.25) is 4.79 Å². The molecule has 1 saturated heterocycles. The first kappa shape index (κ1) is 10.5. The molecule has 1 N–H and O–H groups in total. The summed E-state index contributed by atoms with van der Waals surface area (Å²) in [6, 6.07) is 0. The van der Waals surface area contributed by atoms with E-state index in [1.165, 1.54) is 32.7 Å². The normalized spacial score (nSPS) is 22.7. The molecule has 0 unspecified atom stereocenters. The molecule has 1 fully saturated rings. The number of nitrogens with one attached hydrogen (secondary N) is 1. The van der Waals surface area contributed by atoms with Crippen molar-refractivity contribution in [2.45, 2.75) is 32.6 Å². The van der Waals surface area contributed by atoms with Crippen LogP contribution in [0.4, 0.5) is 0 Å². The Morgan fingerprint density at radius 1 is 1.62 bits per heavy atom. The minimum Gasteiger partial charge on any atom is -0.466 e. The molecule has 0 spiro atoms. The molecule has 76 valence electrons. The lowest BCUT2D eigenvalue weighted by molar-refractivity contribution is -0.141. The van der Waals surface area contributed by atoms with Crippen LogP contribution in [0, 0.1) is 5.92 Å². The fourth-order valence-electron chi connectivity index (χ4n) is 1.76. The van der Waals surface area contributed by atoms with Crippen molar-refractivity contribution >= 4 is 5.97 Å². The van der Waals surface area contributed by atoms with Crippen molar-refractivity contribution in [3.63, 3.8) is 0 Å². The molecule has 0 aromatic heterocycles. The topological polar surface area (TPSA) is 38.3 Å². The third kappa shape index (κ3) is 4.88. The van der Waals surface area contributed by atoms with Gasteiger partial charge >= 0.3 is 5.97 Å². The van der Waals surface area contributed by atoms with Crippen LogP contribution in [0.2, 0.25) is 0 Å². The van der Waals surface area contributed by atoms with Crippen molar-refractivity contribution in [2.75, 3.05) is 19.7 Å². The molecule has 1 atom stereocenters. The zero-order chi connectivity index (χ0) is 9.52. The molecular formula is C10H19NO2. The van der Waals surface area contributed by atoms with E-state index >= 15 is 0 Å². The Bertz CT molecular complexity index is 153. The van der Waals surface area contributed by atoms with E-state index in [0.717, 1.165) is 18.9 Å². The molecular weight excluding hydrogens is 166 g/mol. The summed E-state index contributed by atoms with van der Waals surface area (Å²) in [6.45, 7) is 4.36. The highest BCUT2D eigenvalue weighted by molar-refractivity contribution is 5.65. The summed E-state index contributed by atoms with van der Waals surface area (Å²) in [4.78, 5) is 10.5. The van der Waals surface area contributed by atoms with Crippen LogP contribution in [0.5, 0.6) is 0 Å². The first-order chi connectivity index (χ1) is 6.29. The molecule has 0 saturated carbocycles. The fourth-order valence-corrected chi connectivity index (χ4v) is 1.76. The van der Waals surface area contributed by atoms with Gasteiger partial charge in [-0.2, -0.15) is 0 Å². The third-order valence-electron chi connectivity index (χ3n) is 2.46. The number of rotatable bonds is 4. The molecule has 3 nitrogen and oxygen atoms in total. The Hall–Kier alpha value is -0.570. The van der Waals surface area contributed by atoms with Gasteiger partial charge in [0.15, 0.2) is 0 Å². The minimum atomic E-state index is -0.165. The molecule has 1 heterocycles. The van der Waals surface area contributed by atoms with Gasteiger partial charge in [-0.05, 0) is 44.7 Å². The van der Waals surface area contributed by atoms with Crippen molar-refractivity contribution in [2.24, 2.45) is 5.92 Å². The fraction of sp³-hybridized carbons (Fsp3) is 0.900. The summed E-state index contributed by atoms with van der Waals surface area (Å²) in [5.41, 5.74) is 0. The minimum absolute atomic E-state index is 0.165. The Balaban J connectivity index is 1.95. The Morgan fingerprint density at radius 3 is 3.08 bits per heavy atom. The molecule has 0 amide bonds. The van der Waals surface area contributed by atoms with Crippen molar-refractivity contribution in [3.8, 4) is 0 Å². The lowest BCUT2D eigenvalue weighted by Crippen LogP contribution is -2.29. The lowest BCUT2D eigenvalue weighted by Gasteiger charge is -2.22. The monoisotopic (exact) mass is 185 g/mol. The van der Waals surface area contributed by atoms with Gasteiger partial charge in [0.05, 0.1) is 6.61 Å². The van der Waals surface area contributed by atoms with Gasteiger partial charge in [-0.25, -0.2) is 0 Å². The van der Waals surface area contributed by atoms with Crippen LogP contribution in [0.3, 0.4) is 0 Å². The quantitative estimate of drug-likeness (QED) is 0.530. The van der Waals surface area contributed by atoms with E-state index in [-0.39, 0.29) is 5.97 Å². The lowest BCUT2D eigenvalue weighted by atomic mass is 9.95. The van der Waals surface area contributed by atoms with Crippen LogP contribution in [0.15, 0.2) is 0 Å². The summed E-state index contributed by atoms with van der Waals surface area (Å²) in [7, 11) is 0. The Labute approximate surface area is 79.8 Å². The van der Waals surface area contributed by atoms with E-state index in [2.05, 4.69) is 5.32 Å². The summed E-state index contributed by atoms with van der Waals surface area (Å²) in [5.74, 6) is 0.631. The van der Waals surface area contributed by atoms with Gasteiger partial charge in [0.25, 0.3) is 0 Å².